The number of nitrogens with zero attached hydrogens (tertiary/aromatic N) is 1. The molecule has 1 saturated heterocycles. The van der Waals surface area contributed by atoms with Crippen molar-refractivity contribution in [3.8, 4) is 0 Å². The fraction of sp³-hybridized carbons (Fsp3) is 1.00. The summed E-state index contributed by atoms with van der Waals surface area (Å²) < 4.78 is 5.41. The molecule has 0 aliphatic carbocycles. The van der Waals surface area contributed by atoms with Gasteiger partial charge in [0.05, 0.1) is 6.10 Å². The molecule has 1 aliphatic rings. The van der Waals surface area contributed by atoms with Crippen LogP contribution in [0.15, 0.2) is 0 Å². The predicted octanol–water partition coefficient (Wildman–Crippen LogP) is 1.47. The number of methoxy groups -OCH3 is 1. The first kappa shape index (κ1) is 12.9. The summed E-state index contributed by atoms with van der Waals surface area (Å²) >= 11 is 0. The van der Waals surface area contributed by atoms with Crippen molar-refractivity contribution in [3.63, 3.8) is 0 Å². The summed E-state index contributed by atoms with van der Waals surface area (Å²) in [6, 6.07) is 0.311. The first-order valence-corrected chi connectivity index (χ1v) is 6.18. The number of rotatable bonds is 5. The van der Waals surface area contributed by atoms with Crippen LogP contribution in [-0.2, 0) is 4.74 Å². The van der Waals surface area contributed by atoms with Crippen molar-refractivity contribution in [1.29, 1.82) is 0 Å². The Morgan fingerprint density at radius 1 is 1.53 bits per heavy atom. The van der Waals surface area contributed by atoms with Crippen molar-refractivity contribution in [2.24, 2.45) is 11.7 Å². The average molecular weight is 214 g/mol. The molecule has 1 aliphatic heterocycles. The monoisotopic (exact) mass is 214 g/mol. The normalized spacial score (nSPS) is 27.6. The van der Waals surface area contributed by atoms with E-state index in [1.54, 1.807) is 0 Å². The van der Waals surface area contributed by atoms with Gasteiger partial charge in [0.25, 0.3) is 0 Å². The molecule has 1 rings (SSSR count). The molecule has 0 spiro atoms. The fourth-order valence-electron chi connectivity index (χ4n) is 2.15. The maximum atomic E-state index is 6.16. The predicted molar refractivity (Wildman–Crippen MR) is 63.9 cm³/mol. The second-order valence-electron chi connectivity index (χ2n) is 4.81. The topological polar surface area (TPSA) is 38.5 Å². The Morgan fingerprint density at radius 3 is 2.87 bits per heavy atom. The molecule has 0 bridgehead atoms. The molecule has 0 radical (unpaired) electrons. The zero-order valence-electron chi connectivity index (χ0n) is 10.4. The molecule has 3 atom stereocenters. The lowest BCUT2D eigenvalue weighted by molar-refractivity contribution is 0.0276. The van der Waals surface area contributed by atoms with E-state index in [1.165, 1.54) is 25.8 Å². The van der Waals surface area contributed by atoms with Crippen LogP contribution in [0.5, 0.6) is 0 Å². The highest BCUT2D eigenvalue weighted by atomic mass is 16.5. The van der Waals surface area contributed by atoms with Gasteiger partial charge >= 0.3 is 0 Å². The Kier molecular flexibility index (Phi) is 5.58. The highest BCUT2D eigenvalue weighted by molar-refractivity contribution is 4.78. The lowest BCUT2D eigenvalue weighted by Crippen LogP contribution is -2.47. The van der Waals surface area contributed by atoms with E-state index >= 15 is 0 Å². The Morgan fingerprint density at radius 2 is 2.27 bits per heavy atom. The van der Waals surface area contributed by atoms with Gasteiger partial charge in [-0.05, 0) is 25.3 Å². The summed E-state index contributed by atoms with van der Waals surface area (Å²) in [5, 5.41) is 0. The second kappa shape index (κ2) is 6.46. The van der Waals surface area contributed by atoms with E-state index in [0.717, 1.165) is 13.1 Å². The lowest BCUT2D eigenvalue weighted by Gasteiger charge is -2.34. The Bertz CT molecular complexity index is 175. The number of likely N-dealkylation sites (tertiary alicyclic amines) is 1. The Balaban J connectivity index is 2.31. The highest BCUT2D eigenvalue weighted by Crippen LogP contribution is 2.14. The molecule has 3 heteroatoms. The third kappa shape index (κ3) is 4.09. The van der Waals surface area contributed by atoms with Crippen LogP contribution in [0, 0.1) is 5.92 Å². The van der Waals surface area contributed by atoms with Crippen LogP contribution in [0.4, 0.5) is 0 Å². The summed E-state index contributed by atoms with van der Waals surface area (Å²) in [6.07, 6.45) is 4.03. The SMILES string of the molecule is CCC(C)C(N)CN1CCCC(OC)C1. The molecule has 0 aromatic rings. The van der Waals surface area contributed by atoms with Gasteiger partial charge in [-0.3, -0.25) is 4.90 Å². The maximum absolute atomic E-state index is 6.16. The molecule has 3 unspecified atom stereocenters. The van der Waals surface area contributed by atoms with Crippen LogP contribution in [0.3, 0.4) is 0 Å². The van der Waals surface area contributed by atoms with Crippen LogP contribution in [-0.4, -0.2) is 43.8 Å². The number of ether oxygens (including phenoxy) is 1. The zero-order valence-corrected chi connectivity index (χ0v) is 10.4. The van der Waals surface area contributed by atoms with Gasteiger partial charge in [-0.1, -0.05) is 20.3 Å². The van der Waals surface area contributed by atoms with Crippen molar-refractivity contribution in [2.45, 2.75) is 45.3 Å². The fourth-order valence-corrected chi connectivity index (χ4v) is 2.15. The first-order chi connectivity index (χ1) is 7.17. The molecule has 0 amide bonds. The van der Waals surface area contributed by atoms with Crippen molar-refractivity contribution in [3.05, 3.63) is 0 Å². The lowest BCUT2D eigenvalue weighted by atomic mass is 9.98. The quantitative estimate of drug-likeness (QED) is 0.753. The second-order valence-corrected chi connectivity index (χ2v) is 4.81. The molecular weight excluding hydrogens is 188 g/mol. The van der Waals surface area contributed by atoms with Gasteiger partial charge in [-0.15, -0.1) is 0 Å². The minimum Gasteiger partial charge on any atom is -0.380 e. The summed E-state index contributed by atoms with van der Waals surface area (Å²) in [5.41, 5.74) is 6.16. The van der Waals surface area contributed by atoms with E-state index < -0.39 is 0 Å². The zero-order chi connectivity index (χ0) is 11.3. The van der Waals surface area contributed by atoms with Crippen LogP contribution in [0.1, 0.15) is 33.1 Å². The molecule has 1 fully saturated rings. The van der Waals surface area contributed by atoms with E-state index in [1.807, 2.05) is 7.11 Å². The van der Waals surface area contributed by atoms with Gasteiger partial charge in [0, 0.05) is 26.2 Å². The smallest absolute Gasteiger partial charge is 0.0698 e. The van der Waals surface area contributed by atoms with Gasteiger partial charge in [0.15, 0.2) is 0 Å². The van der Waals surface area contributed by atoms with E-state index in [2.05, 4.69) is 18.7 Å². The molecule has 15 heavy (non-hydrogen) atoms. The third-order valence-corrected chi connectivity index (χ3v) is 3.64. The number of hydrogen-bond acceptors (Lipinski definition) is 3. The summed E-state index contributed by atoms with van der Waals surface area (Å²) in [6.45, 7) is 7.71. The molecule has 0 saturated carbocycles. The van der Waals surface area contributed by atoms with Gasteiger partial charge in [0.2, 0.25) is 0 Å². The van der Waals surface area contributed by atoms with E-state index in [4.69, 9.17) is 10.5 Å². The van der Waals surface area contributed by atoms with Crippen LogP contribution >= 0.6 is 0 Å². The average Bonchev–Trinajstić information content (AvgIpc) is 2.28. The van der Waals surface area contributed by atoms with Crippen molar-refractivity contribution in [2.75, 3.05) is 26.7 Å². The van der Waals surface area contributed by atoms with Crippen LogP contribution in [0.25, 0.3) is 0 Å². The number of nitrogens with two attached hydrogens (primary N) is 1. The molecular formula is C12H26N2O. The molecule has 0 aromatic heterocycles. The van der Waals surface area contributed by atoms with Crippen LogP contribution in [0.2, 0.25) is 0 Å². The van der Waals surface area contributed by atoms with Gasteiger partial charge in [0.1, 0.15) is 0 Å². The number of piperidine rings is 1. The summed E-state index contributed by atoms with van der Waals surface area (Å²) in [5.74, 6) is 0.618. The van der Waals surface area contributed by atoms with Gasteiger partial charge in [-0.2, -0.15) is 0 Å². The molecule has 0 aromatic carbocycles. The van der Waals surface area contributed by atoms with Gasteiger partial charge in [-0.25, -0.2) is 0 Å². The highest BCUT2D eigenvalue weighted by Gasteiger charge is 2.22. The summed E-state index contributed by atoms with van der Waals surface area (Å²) in [4.78, 5) is 2.45. The standard InChI is InChI=1S/C12H26N2O/c1-4-10(2)12(13)9-14-7-5-6-11(8-14)15-3/h10-12H,4-9,13H2,1-3H3. The minimum absolute atomic E-state index is 0.311. The van der Waals surface area contributed by atoms with Gasteiger partial charge < -0.3 is 10.5 Å². The largest absolute Gasteiger partial charge is 0.380 e. The maximum Gasteiger partial charge on any atom is 0.0698 e. The third-order valence-electron chi connectivity index (χ3n) is 3.64. The molecule has 2 N–H and O–H groups in total. The molecule has 90 valence electrons. The van der Waals surface area contributed by atoms with Crippen molar-refractivity contribution < 1.29 is 4.74 Å². The molecule has 1 heterocycles. The van der Waals surface area contributed by atoms with Crippen molar-refractivity contribution >= 4 is 0 Å². The Labute approximate surface area is 94.0 Å². The van der Waals surface area contributed by atoms with Crippen molar-refractivity contribution in [1.82, 2.24) is 4.90 Å². The minimum atomic E-state index is 0.311. The van der Waals surface area contributed by atoms with Crippen LogP contribution < -0.4 is 5.73 Å². The Hall–Kier alpha value is -0.120. The van der Waals surface area contributed by atoms with E-state index in [-0.39, 0.29) is 0 Å². The van der Waals surface area contributed by atoms with E-state index in [9.17, 15) is 0 Å². The van der Waals surface area contributed by atoms with E-state index in [0.29, 0.717) is 18.1 Å². The molecule has 3 nitrogen and oxygen atoms in total. The number of hydrogen-bond donors (Lipinski definition) is 1. The first-order valence-electron chi connectivity index (χ1n) is 6.18. The summed E-state index contributed by atoms with van der Waals surface area (Å²) in [7, 11) is 1.81.